The summed E-state index contributed by atoms with van der Waals surface area (Å²) in [5.74, 6) is 0.0961. The fourth-order valence-electron chi connectivity index (χ4n) is 3.47. The molecule has 2 aromatic heterocycles. The molecule has 2 N–H and O–H groups in total. The summed E-state index contributed by atoms with van der Waals surface area (Å²) in [6.45, 7) is 1.37. The number of hydrogen-bond donors (Lipinski definition) is 2. The highest BCUT2D eigenvalue weighted by Gasteiger charge is 2.32. The predicted molar refractivity (Wildman–Crippen MR) is 115 cm³/mol. The van der Waals surface area contributed by atoms with Crippen LogP contribution < -0.4 is 16.2 Å². The number of aromatic nitrogens is 3. The lowest BCUT2D eigenvalue weighted by Gasteiger charge is -2.30. The summed E-state index contributed by atoms with van der Waals surface area (Å²) >= 11 is 0. The zero-order valence-electron chi connectivity index (χ0n) is 18.2. The van der Waals surface area contributed by atoms with Crippen molar-refractivity contribution in [1.29, 1.82) is 0 Å². The third-order valence-corrected chi connectivity index (χ3v) is 5.29. The number of rotatable bonds is 4. The van der Waals surface area contributed by atoms with Gasteiger partial charge in [0.1, 0.15) is 5.69 Å². The topological polar surface area (TPSA) is 109 Å². The van der Waals surface area contributed by atoms with E-state index in [1.54, 1.807) is 6.20 Å². The van der Waals surface area contributed by atoms with E-state index in [1.807, 2.05) is 6.08 Å². The molecule has 0 bridgehead atoms. The zero-order valence-corrected chi connectivity index (χ0v) is 18.2. The largest absolute Gasteiger partial charge is 0.417 e. The van der Waals surface area contributed by atoms with E-state index in [2.05, 4.69) is 20.6 Å². The Morgan fingerprint density at radius 2 is 1.94 bits per heavy atom. The molecule has 0 radical (unpaired) electrons. The molecule has 176 valence electrons. The molecule has 0 fully saturated rings. The number of nitrogens with one attached hydrogen (secondary N) is 2. The summed E-state index contributed by atoms with van der Waals surface area (Å²) in [6.07, 6.45) is 2.65. The summed E-state index contributed by atoms with van der Waals surface area (Å²) in [6, 6.07) is -0.251. The van der Waals surface area contributed by atoms with Crippen LogP contribution in [0.15, 0.2) is 35.5 Å². The molecule has 1 aliphatic carbocycles. The molecular formula is C21H23F3N6O3. The first-order valence-corrected chi connectivity index (χ1v) is 10.1. The summed E-state index contributed by atoms with van der Waals surface area (Å²) < 4.78 is 39.9. The Labute approximate surface area is 187 Å². The van der Waals surface area contributed by atoms with E-state index in [0.717, 1.165) is 10.1 Å². The summed E-state index contributed by atoms with van der Waals surface area (Å²) in [5, 5.41) is 4.84. The summed E-state index contributed by atoms with van der Waals surface area (Å²) in [5.41, 5.74) is -0.614. The first kappa shape index (κ1) is 24.0. The molecule has 1 aliphatic rings. The Hall–Kier alpha value is -3.70. The molecular weight excluding hydrogens is 441 g/mol. The quantitative estimate of drug-likeness (QED) is 0.722. The van der Waals surface area contributed by atoms with Crippen molar-refractivity contribution < 1.29 is 22.8 Å². The van der Waals surface area contributed by atoms with Gasteiger partial charge in [-0.25, -0.2) is 9.78 Å². The third-order valence-electron chi connectivity index (χ3n) is 5.29. The zero-order chi connectivity index (χ0) is 24.3. The van der Waals surface area contributed by atoms with Gasteiger partial charge in [0.15, 0.2) is 5.82 Å². The number of allylic oxidation sites excluding steroid dienone is 1. The van der Waals surface area contributed by atoms with Crippen LogP contribution in [-0.2, 0) is 18.0 Å². The van der Waals surface area contributed by atoms with Crippen molar-refractivity contribution in [3.05, 3.63) is 52.3 Å². The van der Waals surface area contributed by atoms with E-state index in [4.69, 9.17) is 0 Å². The van der Waals surface area contributed by atoms with Crippen molar-refractivity contribution in [2.75, 3.05) is 17.7 Å². The maximum Gasteiger partial charge on any atom is 0.417 e. The minimum absolute atomic E-state index is 0.213. The smallest absolute Gasteiger partial charge is 0.324 e. The molecule has 3 amide bonds. The molecule has 0 spiro atoms. The van der Waals surface area contributed by atoms with Gasteiger partial charge in [-0.2, -0.15) is 13.2 Å². The first-order chi connectivity index (χ1) is 15.5. The monoisotopic (exact) mass is 464 g/mol. The van der Waals surface area contributed by atoms with Gasteiger partial charge in [0.05, 0.1) is 23.7 Å². The van der Waals surface area contributed by atoms with Crippen LogP contribution in [0.2, 0.25) is 0 Å². The minimum Gasteiger partial charge on any atom is -0.324 e. The van der Waals surface area contributed by atoms with Gasteiger partial charge in [0, 0.05) is 33.3 Å². The highest BCUT2D eigenvalue weighted by Crippen LogP contribution is 2.30. The Kier molecular flexibility index (Phi) is 6.84. The van der Waals surface area contributed by atoms with Crippen LogP contribution in [0.3, 0.4) is 0 Å². The molecule has 0 aliphatic heterocycles. The van der Waals surface area contributed by atoms with E-state index < -0.39 is 29.0 Å². The van der Waals surface area contributed by atoms with Gasteiger partial charge in [-0.05, 0) is 30.9 Å². The molecule has 33 heavy (non-hydrogen) atoms. The average Bonchev–Trinajstić information content (AvgIpc) is 2.75. The van der Waals surface area contributed by atoms with Crippen LogP contribution in [0, 0.1) is 0 Å². The lowest BCUT2D eigenvalue weighted by molar-refractivity contribution is -0.138. The van der Waals surface area contributed by atoms with Crippen molar-refractivity contribution in [2.24, 2.45) is 7.05 Å². The number of nitrogens with zero attached hydrogens (tertiary/aromatic N) is 4. The number of carbonyl (C=O) groups is 2. The molecule has 1 unspecified atom stereocenters. The fraction of sp³-hybridized carbons (Fsp3) is 0.381. The second-order valence-electron chi connectivity index (χ2n) is 7.72. The maximum absolute atomic E-state index is 13.0. The van der Waals surface area contributed by atoms with Crippen molar-refractivity contribution in [2.45, 2.75) is 38.4 Å². The molecule has 12 heteroatoms. The van der Waals surface area contributed by atoms with Crippen LogP contribution in [0.25, 0.3) is 5.57 Å². The van der Waals surface area contributed by atoms with Gasteiger partial charge in [-0.15, -0.1) is 0 Å². The average molecular weight is 464 g/mol. The van der Waals surface area contributed by atoms with Gasteiger partial charge in [-0.1, -0.05) is 6.08 Å². The normalized spacial score (nSPS) is 16.1. The molecule has 1 atom stereocenters. The highest BCUT2D eigenvalue weighted by atomic mass is 19.4. The fourth-order valence-corrected chi connectivity index (χ4v) is 3.47. The number of carbonyl (C=O) groups excluding carboxylic acids is 2. The first-order valence-electron chi connectivity index (χ1n) is 10.1. The Morgan fingerprint density at radius 1 is 1.21 bits per heavy atom. The summed E-state index contributed by atoms with van der Waals surface area (Å²) in [4.78, 5) is 45.7. The lowest BCUT2D eigenvalue weighted by Crippen LogP contribution is -2.41. The Bertz CT molecular complexity index is 1140. The SMILES string of the molecule is CC(=O)Nc1cnc(C2=CCC(N(C)C(=O)Nc3cc(C(F)(F)F)cn(C)c3=O)CC2)cn1. The number of halogens is 3. The van der Waals surface area contributed by atoms with Crippen LogP contribution in [-0.4, -0.2) is 44.5 Å². The number of urea groups is 1. The van der Waals surface area contributed by atoms with Crippen molar-refractivity contribution >= 4 is 29.0 Å². The Morgan fingerprint density at radius 3 is 2.48 bits per heavy atom. The Balaban J connectivity index is 1.67. The number of aryl methyl sites for hydroxylation is 1. The maximum atomic E-state index is 13.0. The van der Waals surface area contributed by atoms with Gasteiger partial charge in [0.25, 0.3) is 5.56 Å². The number of amides is 3. The molecule has 2 heterocycles. The van der Waals surface area contributed by atoms with Crippen molar-refractivity contribution in [1.82, 2.24) is 19.4 Å². The number of alkyl halides is 3. The van der Waals surface area contributed by atoms with Crippen molar-refractivity contribution in [3.8, 4) is 0 Å². The summed E-state index contributed by atoms with van der Waals surface area (Å²) in [7, 11) is 2.72. The second kappa shape index (κ2) is 9.43. The van der Waals surface area contributed by atoms with Crippen LogP contribution in [0.1, 0.15) is 37.4 Å². The van der Waals surface area contributed by atoms with Gasteiger partial charge in [0.2, 0.25) is 5.91 Å². The minimum atomic E-state index is -4.65. The van der Waals surface area contributed by atoms with E-state index >= 15 is 0 Å². The number of hydrogen-bond acceptors (Lipinski definition) is 5. The molecule has 3 rings (SSSR count). The number of pyridine rings is 1. The lowest BCUT2D eigenvalue weighted by atomic mass is 9.93. The van der Waals surface area contributed by atoms with Gasteiger partial charge in [-0.3, -0.25) is 14.6 Å². The van der Waals surface area contributed by atoms with Crippen LogP contribution in [0.4, 0.5) is 29.5 Å². The molecule has 0 saturated heterocycles. The van der Waals surface area contributed by atoms with E-state index in [9.17, 15) is 27.6 Å². The van der Waals surface area contributed by atoms with E-state index in [1.165, 1.54) is 32.1 Å². The predicted octanol–water partition coefficient (Wildman–Crippen LogP) is 3.25. The number of anilines is 2. The second-order valence-corrected chi connectivity index (χ2v) is 7.72. The third kappa shape index (κ3) is 5.76. The molecule has 0 saturated carbocycles. The van der Waals surface area contributed by atoms with Crippen LogP contribution in [0.5, 0.6) is 0 Å². The van der Waals surface area contributed by atoms with Crippen LogP contribution >= 0.6 is 0 Å². The molecule has 9 nitrogen and oxygen atoms in total. The standard InChI is InChI=1S/C21H23F3N6O3/c1-12(31)27-18-10-25-17(9-26-18)13-4-6-15(7-5-13)30(3)20(33)28-16-8-14(21(22,23)24)11-29(2)19(16)32/h4,8-11,15H,5-7H2,1-3H3,(H,28,33)(H,26,27,31). The van der Waals surface area contributed by atoms with E-state index in [0.29, 0.717) is 43.0 Å². The van der Waals surface area contributed by atoms with Gasteiger partial charge < -0.3 is 20.1 Å². The van der Waals surface area contributed by atoms with Gasteiger partial charge >= 0.3 is 12.2 Å². The molecule has 2 aromatic rings. The van der Waals surface area contributed by atoms with Crippen molar-refractivity contribution in [3.63, 3.8) is 0 Å². The van der Waals surface area contributed by atoms with E-state index in [-0.39, 0.29) is 11.9 Å². The highest BCUT2D eigenvalue weighted by molar-refractivity contribution is 5.89. The molecule has 0 aromatic carbocycles.